The minimum Gasteiger partial charge on any atom is -0.553 e. The molecule has 1 aliphatic rings. The van der Waals surface area contributed by atoms with Gasteiger partial charge in [0.15, 0.2) is 5.68 Å². The fourth-order valence-electron chi connectivity index (χ4n) is 4.09. The van der Waals surface area contributed by atoms with Crippen LogP contribution >= 0.6 is 11.5 Å². The standard InChI is InChI=1S/C15H13BO2.C14H11NOS/c1-10-3-5-11(6-4-10)12-7-8-14-13(9-12)15(17)16(2)18-14;1-9-2-4-10(5-3-9)11-6-7-12-13(8-11)17-15-14(12)16/h3-9H,1-2H3;2-8H,1H3,(H,15,16). The Hall–Kier alpha value is -3.90. The van der Waals surface area contributed by atoms with Crippen LogP contribution in [0.4, 0.5) is 0 Å². The Kier molecular flexibility index (Phi) is 6.14. The zero-order valence-electron chi connectivity index (χ0n) is 19.8. The van der Waals surface area contributed by atoms with Crippen LogP contribution in [0.5, 0.6) is 5.75 Å². The van der Waals surface area contributed by atoms with E-state index >= 15 is 0 Å². The maximum atomic E-state index is 11.9. The van der Waals surface area contributed by atoms with Gasteiger partial charge >= 0.3 is 6.92 Å². The van der Waals surface area contributed by atoms with Crippen LogP contribution in [0, 0.1) is 13.8 Å². The summed E-state index contributed by atoms with van der Waals surface area (Å²) in [4.78, 5) is 23.3. The first-order chi connectivity index (χ1) is 16.9. The van der Waals surface area contributed by atoms with E-state index in [4.69, 9.17) is 4.65 Å². The molecular weight excluding hydrogens is 453 g/mol. The largest absolute Gasteiger partial charge is 0.553 e. The summed E-state index contributed by atoms with van der Waals surface area (Å²) in [7, 11) is 0. The van der Waals surface area contributed by atoms with Crippen molar-refractivity contribution < 1.29 is 9.45 Å². The van der Waals surface area contributed by atoms with Crippen LogP contribution in [0.15, 0.2) is 89.7 Å². The lowest BCUT2D eigenvalue weighted by atomic mass is 9.66. The summed E-state index contributed by atoms with van der Waals surface area (Å²) in [6, 6.07) is 28.4. The molecule has 0 fully saturated rings. The zero-order valence-corrected chi connectivity index (χ0v) is 20.6. The first kappa shape index (κ1) is 22.9. The third kappa shape index (κ3) is 4.70. The number of aryl methyl sites for hydroxylation is 2. The van der Waals surface area contributed by atoms with Crippen molar-refractivity contribution in [2.24, 2.45) is 0 Å². The van der Waals surface area contributed by atoms with Crippen LogP contribution in [-0.4, -0.2) is 17.0 Å². The maximum Gasteiger partial charge on any atom is 0.433 e. The van der Waals surface area contributed by atoms with E-state index in [2.05, 4.69) is 72.8 Å². The van der Waals surface area contributed by atoms with Gasteiger partial charge in [-0.15, -0.1) is 0 Å². The molecule has 4 nitrogen and oxygen atoms in total. The Morgan fingerprint density at radius 1 is 0.714 bits per heavy atom. The Labute approximate surface area is 208 Å². The monoisotopic (exact) mass is 477 g/mol. The Morgan fingerprint density at radius 2 is 1.26 bits per heavy atom. The van der Waals surface area contributed by atoms with Crippen molar-refractivity contribution in [3.63, 3.8) is 0 Å². The van der Waals surface area contributed by atoms with Crippen molar-refractivity contribution in [2.75, 3.05) is 0 Å². The lowest BCUT2D eigenvalue weighted by Gasteiger charge is -2.05. The smallest absolute Gasteiger partial charge is 0.433 e. The molecule has 6 heteroatoms. The number of H-pyrrole nitrogens is 1. The molecule has 1 N–H and O–H groups in total. The molecule has 0 atom stereocenters. The number of nitrogens with one attached hydrogen (secondary N) is 1. The lowest BCUT2D eigenvalue weighted by molar-refractivity contribution is 0.107. The van der Waals surface area contributed by atoms with E-state index in [0.29, 0.717) is 11.3 Å². The second-order valence-corrected chi connectivity index (χ2v) is 9.66. The molecule has 0 bridgehead atoms. The van der Waals surface area contributed by atoms with Gasteiger partial charge in [-0.3, -0.25) is 9.17 Å². The van der Waals surface area contributed by atoms with Crippen molar-refractivity contribution in [3.8, 4) is 28.0 Å². The van der Waals surface area contributed by atoms with Crippen LogP contribution in [0.2, 0.25) is 6.82 Å². The highest BCUT2D eigenvalue weighted by Gasteiger charge is 2.33. The minimum absolute atomic E-state index is 0.000422. The molecule has 35 heavy (non-hydrogen) atoms. The summed E-state index contributed by atoms with van der Waals surface area (Å²) in [5.74, 6) is 0.698. The molecule has 1 aromatic heterocycles. The van der Waals surface area contributed by atoms with Crippen LogP contribution in [0.25, 0.3) is 32.3 Å². The summed E-state index contributed by atoms with van der Waals surface area (Å²) in [5, 5.41) is 0.769. The Balaban J connectivity index is 0.000000145. The highest BCUT2D eigenvalue weighted by atomic mass is 32.1. The molecule has 0 spiro atoms. The van der Waals surface area contributed by atoms with Gasteiger partial charge in [-0.25, -0.2) is 0 Å². The highest BCUT2D eigenvalue weighted by Crippen LogP contribution is 2.32. The van der Waals surface area contributed by atoms with Gasteiger partial charge in [0.2, 0.25) is 0 Å². The summed E-state index contributed by atoms with van der Waals surface area (Å²) in [6.07, 6.45) is 0. The molecule has 4 aromatic carbocycles. The van der Waals surface area contributed by atoms with Crippen molar-refractivity contribution in [1.82, 2.24) is 4.37 Å². The van der Waals surface area contributed by atoms with Gasteiger partial charge in [0.25, 0.3) is 5.56 Å². The molecule has 1 aliphatic heterocycles. The quantitative estimate of drug-likeness (QED) is 0.280. The molecule has 0 saturated carbocycles. The van der Waals surface area contributed by atoms with Crippen molar-refractivity contribution >= 4 is 34.2 Å². The van der Waals surface area contributed by atoms with Gasteiger partial charge in [0, 0.05) is 0 Å². The number of rotatable bonds is 2. The topological polar surface area (TPSA) is 59.2 Å². The van der Waals surface area contributed by atoms with E-state index in [-0.39, 0.29) is 18.2 Å². The van der Waals surface area contributed by atoms with E-state index < -0.39 is 0 Å². The van der Waals surface area contributed by atoms with Gasteiger partial charge in [0.05, 0.1) is 15.6 Å². The van der Waals surface area contributed by atoms with E-state index in [9.17, 15) is 9.59 Å². The number of fused-ring (bicyclic) bond motifs is 2. The van der Waals surface area contributed by atoms with E-state index in [1.165, 1.54) is 28.2 Å². The predicted molar refractivity (Wildman–Crippen MR) is 146 cm³/mol. The van der Waals surface area contributed by atoms with E-state index in [0.717, 1.165) is 26.8 Å². The molecule has 5 aromatic rings. The van der Waals surface area contributed by atoms with Gasteiger partial charge in [-0.05, 0) is 67.2 Å². The fraction of sp³-hybridized carbons (Fsp3) is 0.103. The normalized spacial score (nSPS) is 12.2. The maximum absolute atomic E-state index is 11.9. The summed E-state index contributed by atoms with van der Waals surface area (Å²) in [6.45, 7) is 5.57. The SMILES string of the molecule is CB1Oc2ccc(-c3ccc(C)cc3)cc2C1=O.Cc1ccc(-c2ccc3c(=O)[nH]sc3c2)cc1. The summed E-state index contributed by atoms with van der Waals surface area (Å²) >= 11 is 1.39. The predicted octanol–water partition coefficient (Wildman–Crippen LogP) is 6.96. The van der Waals surface area contributed by atoms with E-state index in [1.54, 1.807) is 6.82 Å². The fourth-order valence-corrected chi connectivity index (χ4v) is 4.86. The van der Waals surface area contributed by atoms with Crippen LogP contribution in [-0.2, 0) is 0 Å². The summed E-state index contributed by atoms with van der Waals surface area (Å²) < 4.78 is 9.24. The minimum atomic E-state index is -0.353. The molecule has 0 unspecified atom stereocenters. The van der Waals surface area contributed by atoms with Crippen molar-refractivity contribution in [2.45, 2.75) is 20.7 Å². The number of benzene rings is 4. The first-order valence-electron chi connectivity index (χ1n) is 11.5. The third-order valence-corrected chi connectivity index (χ3v) is 7.01. The zero-order chi connectivity index (χ0) is 24.5. The average Bonchev–Trinajstić information content (AvgIpc) is 3.38. The average molecular weight is 477 g/mol. The molecule has 0 amide bonds. The molecular formula is C29H24BNO3S. The van der Waals surface area contributed by atoms with Gasteiger partial charge < -0.3 is 9.45 Å². The third-order valence-electron chi connectivity index (χ3n) is 6.17. The Morgan fingerprint density at radius 3 is 1.89 bits per heavy atom. The second kappa shape index (κ2) is 9.39. The highest BCUT2D eigenvalue weighted by molar-refractivity contribution is 7.13. The van der Waals surface area contributed by atoms with Crippen molar-refractivity contribution in [1.29, 1.82) is 0 Å². The van der Waals surface area contributed by atoms with E-state index in [1.807, 2.05) is 30.3 Å². The molecule has 0 saturated heterocycles. The molecule has 0 radical (unpaired) electrons. The number of carbonyl (C=O) groups excluding carboxylic acids is 1. The van der Waals surface area contributed by atoms with Crippen LogP contribution in [0.3, 0.4) is 0 Å². The molecule has 2 heterocycles. The number of hydrogen-bond acceptors (Lipinski definition) is 4. The number of hydrogen-bond donors (Lipinski definition) is 1. The first-order valence-corrected chi connectivity index (χ1v) is 12.3. The van der Waals surface area contributed by atoms with Gasteiger partial charge in [-0.1, -0.05) is 83.3 Å². The Bertz CT molecular complexity index is 1580. The molecule has 6 rings (SSSR count). The number of aromatic amines is 1. The van der Waals surface area contributed by atoms with Gasteiger partial charge in [0.1, 0.15) is 5.75 Å². The van der Waals surface area contributed by atoms with Gasteiger partial charge in [-0.2, -0.15) is 0 Å². The lowest BCUT2D eigenvalue weighted by Crippen LogP contribution is -2.21. The number of carbonyl (C=O) groups is 1. The van der Waals surface area contributed by atoms with Crippen LogP contribution < -0.4 is 10.2 Å². The molecule has 172 valence electrons. The second-order valence-electron chi connectivity index (χ2n) is 8.81. The number of aromatic nitrogens is 1. The molecule has 0 aliphatic carbocycles. The van der Waals surface area contributed by atoms with Crippen LogP contribution in [0.1, 0.15) is 21.5 Å². The van der Waals surface area contributed by atoms with Crippen molar-refractivity contribution in [3.05, 3.63) is 112 Å². The summed E-state index contributed by atoms with van der Waals surface area (Å²) in [5.41, 5.74) is 7.75.